The van der Waals surface area contributed by atoms with Gasteiger partial charge in [0.1, 0.15) is 10.8 Å². The first-order valence-corrected chi connectivity index (χ1v) is 4.54. The van der Waals surface area contributed by atoms with Crippen LogP contribution in [0, 0.1) is 18.6 Å². The molecule has 0 aromatic heterocycles. The Hall–Kier alpha value is -0.960. The second-order valence-corrected chi connectivity index (χ2v) is 3.34. The minimum atomic E-state index is -0.971. The number of carbonyl (C=O) groups is 1. The second-order valence-electron chi connectivity index (χ2n) is 2.96. The van der Waals surface area contributed by atoms with E-state index in [4.69, 9.17) is 11.6 Å². The number of carbonyl (C=O) groups excluding carboxylic acids is 1. The van der Waals surface area contributed by atoms with Gasteiger partial charge in [0.25, 0.3) is 0 Å². The molecular formula is C10H9ClF2O. The zero-order valence-corrected chi connectivity index (χ0v) is 8.58. The van der Waals surface area contributed by atoms with Crippen molar-refractivity contribution < 1.29 is 13.6 Å². The molecule has 0 saturated carbocycles. The van der Waals surface area contributed by atoms with Crippen molar-refractivity contribution in [2.75, 3.05) is 0 Å². The number of aryl methyl sites for hydroxylation is 1. The summed E-state index contributed by atoms with van der Waals surface area (Å²) in [5.74, 6) is -2.16. The van der Waals surface area contributed by atoms with E-state index in [0.29, 0.717) is 0 Å². The lowest BCUT2D eigenvalue weighted by atomic mass is 10.1. The lowest BCUT2D eigenvalue weighted by Gasteiger charge is -2.05. The van der Waals surface area contributed by atoms with Crippen molar-refractivity contribution in [2.45, 2.75) is 20.3 Å². The molecular weight excluding hydrogens is 210 g/mol. The normalized spacial score (nSPS) is 10.4. The Bertz CT molecular complexity index is 388. The third kappa shape index (κ3) is 1.77. The summed E-state index contributed by atoms with van der Waals surface area (Å²) in [6.45, 7) is 3.04. The van der Waals surface area contributed by atoms with Crippen molar-refractivity contribution in [2.24, 2.45) is 0 Å². The summed E-state index contributed by atoms with van der Waals surface area (Å²) >= 11 is 5.39. The Morgan fingerprint density at radius 2 is 2.00 bits per heavy atom. The van der Waals surface area contributed by atoms with Crippen LogP contribution in [0.4, 0.5) is 8.78 Å². The Labute approximate surface area is 85.7 Å². The number of halogens is 3. The fourth-order valence-electron chi connectivity index (χ4n) is 1.12. The fraction of sp³-hybridized carbons (Fsp3) is 0.300. The molecule has 76 valence electrons. The molecule has 0 fully saturated rings. The number of hydrogen-bond donors (Lipinski definition) is 0. The Kier molecular flexibility index (Phi) is 3.21. The zero-order valence-electron chi connectivity index (χ0n) is 7.83. The molecule has 1 rings (SSSR count). The first-order valence-electron chi connectivity index (χ1n) is 4.16. The summed E-state index contributed by atoms with van der Waals surface area (Å²) < 4.78 is 26.3. The molecule has 14 heavy (non-hydrogen) atoms. The van der Waals surface area contributed by atoms with Crippen LogP contribution in [0.15, 0.2) is 6.07 Å². The van der Waals surface area contributed by atoms with Gasteiger partial charge >= 0.3 is 0 Å². The molecule has 0 radical (unpaired) electrons. The van der Waals surface area contributed by atoms with E-state index in [1.165, 1.54) is 13.0 Å². The molecule has 0 N–H and O–H groups in total. The molecule has 1 aromatic carbocycles. The summed E-state index contributed by atoms with van der Waals surface area (Å²) in [5, 5.41) is -0.609. The van der Waals surface area contributed by atoms with E-state index in [1.807, 2.05) is 0 Å². The van der Waals surface area contributed by atoms with Gasteiger partial charge in [-0.25, -0.2) is 8.78 Å². The predicted molar refractivity (Wildman–Crippen MR) is 50.7 cm³/mol. The standard InChI is InChI=1S/C10H9ClF2O/c1-3-7(14)6-4-5(2)9(12)8(11)10(6)13/h4H,3H2,1-2H3. The topological polar surface area (TPSA) is 17.1 Å². The molecule has 0 aliphatic carbocycles. The summed E-state index contributed by atoms with van der Waals surface area (Å²) in [7, 11) is 0. The van der Waals surface area contributed by atoms with Crippen LogP contribution in [0.3, 0.4) is 0 Å². The van der Waals surface area contributed by atoms with E-state index in [9.17, 15) is 13.6 Å². The number of rotatable bonds is 2. The Balaban J connectivity index is 3.40. The van der Waals surface area contributed by atoms with E-state index in [-0.39, 0.29) is 23.3 Å². The van der Waals surface area contributed by atoms with E-state index in [2.05, 4.69) is 0 Å². The van der Waals surface area contributed by atoms with Crippen LogP contribution >= 0.6 is 11.6 Å². The maximum atomic E-state index is 13.3. The van der Waals surface area contributed by atoms with Crippen LogP contribution in [-0.2, 0) is 0 Å². The van der Waals surface area contributed by atoms with Crippen LogP contribution in [0.5, 0.6) is 0 Å². The van der Waals surface area contributed by atoms with Gasteiger partial charge in [-0.15, -0.1) is 0 Å². The van der Waals surface area contributed by atoms with Gasteiger partial charge in [0, 0.05) is 6.42 Å². The minimum absolute atomic E-state index is 0.142. The van der Waals surface area contributed by atoms with Crippen molar-refractivity contribution in [3.63, 3.8) is 0 Å². The molecule has 0 atom stereocenters. The van der Waals surface area contributed by atoms with Gasteiger partial charge in [-0.05, 0) is 18.6 Å². The largest absolute Gasteiger partial charge is 0.294 e. The van der Waals surface area contributed by atoms with Crippen molar-refractivity contribution in [3.8, 4) is 0 Å². The maximum absolute atomic E-state index is 13.3. The third-order valence-electron chi connectivity index (χ3n) is 1.95. The number of ketones is 1. The molecule has 1 nitrogen and oxygen atoms in total. The van der Waals surface area contributed by atoms with Crippen molar-refractivity contribution in [1.29, 1.82) is 0 Å². The number of benzene rings is 1. The highest BCUT2D eigenvalue weighted by atomic mass is 35.5. The van der Waals surface area contributed by atoms with E-state index in [1.54, 1.807) is 6.92 Å². The molecule has 4 heteroatoms. The molecule has 0 aliphatic rings. The smallest absolute Gasteiger partial charge is 0.165 e. The SMILES string of the molecule is CCC(=O)c1cc(C)c(F)c(Cl)c1F. The average molecular weight is 219 g/mol. The van der Waals surface area contributed by atoms with Gasteiger partial charge in [-0.2, -0.15) is 0 Å². The van der Waals surface area contributed by atoms with Gasteiger partial charge in [0.05, 0.1) is 5.56 Å². The highest BCUT2D eigenvalue weighted by molar-refractivity contribution is 6.31. The van der Waals surface area contributed by atoms with Crippen LogP contribution in [0.1, 0.15) is 29.3 Å². The molecule has 0 saturated heterocycles. The van der Waals surface area contributed by atoms with E-state index < -0.39 is 16.7 Å². The lowest BCUT2D eigenvalue weighted by Crippen LogP contribution is -2.04. The van der Waals surface area contributed by atoms with Gasteiger partial charge < -0.3 is 0 Å². The quantitative estimate of drug-likeness (QED) is 0.548. The highest BCUT2D eigenvalue weighted by Gasteiger charge is 2.18. The van der Waals surface area contributed by atoms with Crippen molar-refractivity contribution in [1.82, 2.24) is 0 Å². The van der Waals surface area contributed by atoms with Crippen LogP contribution in [0.2, 0.25) is 5.02 Å². The van der Waals surface area contributed by atoms with Gasteiger partial charge in [0.2, 0.25) is 0 Å². The lowest BCUT2D eigenvalue weighted by molar-refractivity contribution is 0.0984. The molecule has 0 unspecified atom stereocenters. The fourth-order valence-corrected chi connectivity index (χ4v) is 1.38. The molecule has 0 aliphatic heterocycles. The molecule has 0 spiro atoms. The number of hydrogen-bond acceptors (Lipinski definition) is 1. The van der Waals surface area contributed by atoms with E-state index >= 15 is 0 Å². The van der Waals surface area contributed by atoms with Crippen LogP contribution < -0.4 is 0 Å². The Morgan fingerprint density at radius 1 is 1.43 bits per heavy atom. The summed E-state index contributed by atoms with van der Waals surface area (Å²) in [5.41, 5.74) is 0.0320. The first kappa shape index (κ1) is 11.1. The maximum Gasteiger partial charge on any atom is 0.165 e. The third-order valence-corrected chi connectivity index (χ3v) is 2.28. The molecule has 0 bridgehead atoms. The van der Waals surface area contributed by atoms with Gasteiger partial charge in [0.15, 0.2) is 11.6 Å². The van der Waals surface area contributed by atoms with Crippen molar-refractivity contribution >= 4 is 17.4 Å². The number of Topliss-reactive ketones (excluding diaryl/α,β-unsaturated/α-hetero) is 1. The summed E-state index contributed by atoms with van der Waals surface area (Å²) in [6, 6.07) is 1.18. The summed E-state index contributed by atoms with van der Waals surface area (Å²) in [4.78, 5) is 11.2. The van der Waals surface area contributed by atoms with Crippen LogP contribution in [0.25, 0.3) is 0 Å². The van der Waals surface area contributed by atoms with Crippen LogP contribution in [-0.4, -0.2) is 5.78 Å². The van der Waals surface area contributed by atoms with E-state index in [0.717, 1.165) is 0 Å². The first-order chi connectivity index (χ1) is 6.49. The molecule has 0 heterocycles. The second kappa shape index (κ2) is 4.05. The van der Waals surface area contributed by atoms with Gasteiger partial charge in [-0.3, -0.25) is 4.79 Å². The predicted octanol–water partition coefficient (Wildman–Crippen LogP) is 3.52. The minimum Gasteiger partial charge on any atom is -0.294 e. The average Bonchev–Trinajstić information content (AvgIpc) is 2.19. The highest BCUT2D eigenvalue weighted by Crippen LogP contribution is 2.25. The summed E-state index contributed by atoms with van der Waals surface area (Å²) in [6.07, 6.45) is 0.165. The zero-order chi connectivity index (χ0) is 10.9. The van der Waals surface area contributed by atoms with Gasteiger partial charge in [-0.1, -0.05) is 18.5 Å². The van der Waals surface area contributed by atoms with Crippen molar-refractivity contribution in [3.05, 3.63) is 33.9 Å². The Morgan fingerprint density at radius 3 is 2.50 bits per heavy atom. The molecule has 1 aromatic rings. The molecule has 0 amide bonds. The monoisotopic (exact) mass is 218 g/mol.